The summed E-state index contributed by atoms with van der Waals surface area (Å²) in [5.41, 5.74) is 1.54. The van der Waals surface area contributed by atoms with Gasteiger partial charge in [0, 0.05) is 18.7 Å². The second kappa shape index (κ2) is 5.14. The fourth-order valence-corrected chi connectivity index (χ4v) is 1.80. The van der Waals surface area contributed by atoms with Gasteiger partial charge in [0.1, 0.15) is 5.82 Å². The summed E-state index contributed by atoms with van der Waals surface area (Å²) in [6.45, 7) is 3.33. The van der Waals surface area contributed by atoms with Crippen LogP contribution in [0.15, 0.2) is 36.5 Å². The van der Waals surface area contributed by atoms with Gasteiger partial charge in [0.05, 0.1) is 5.69 Å². The van der Waals surface area contributed by atoms with Crippen LogP contribution in [0.4, 0.5) is 11.5 Å². The molecule has 0 spiro atoms. The number of benzene rings is 1. The zero-order chi connectivity index (χ0) is 13.1. The molecule has 0 bridgehead atoms. The van der Waals surface area contributed by atoms with Gasteiger partial charge in [-0.2, -0.15) is 4.98 Å². The molecule has 0 atom stereocenters. The summed E-state index contributed by atoms with van der Waals surface area (Å²) in [7, 11) is 0. The molecule has 0 aliphatic carbocycles. The van der Waals surface area contributed by atoms with E-state index in [0.717, 1.165) is 11.3 Å². The van der Waals surface area contributed by atoms with Gasteiger partial charge >= 0.3 is 0 Å². The average Bonchev–Trinajstić information content (AvgIpc) is 2.35. The molecule has 0 saturated carbocycles. The predicted molar refractivity (Wildman–Crippen MR) is 71.0 cm³/mol. The van der Waals surface area contributed by atoms with Gasteiger partial charge in [-0.15, -0.1) is 0 Å². The smallest absolute Gasteiger partial charge is 0.229 e. The lowest BCUT2D eigenvalue weighted by Gasteiger charge is -2.21. The third-order valence-corrected chi connectivity index (χ3v) is 2.64. The molecular weight excluding hydrogens is 250 g/mol. The number of para-hydroxylation sites is 1. The van der Waals surface area contributed by atoms with Crippen molar-refractivity contribution in [1.29, 1.82) is 0 Å². The number of amides is 1. The molecule has 1 amide bonds. The molecule has 92 valence electrons. The molecule has 2 rings (SSSR count). The molecule has 2 aromatic rings. The van der Waals surface area contributed by atoms with Crippen LogP contribution in [0.5, 0.6) is 0 Å². The monoisotopic (exact) mass is 261 g/mol. The SMILES string of the molecule is CC(=O)N(c1ccccc1)c1nc(Cl)ncc1C. The van der Waals surface area contributed by atoms with Crippen molar-refractivity contribution in [3.8, 4) is 0 Å². The number of anilines is 2. The number of hydrogen-bond donors (Lipinski definition) is 0. The third-order valence-electron chi connectivity index (χ3n) is 2.46. The molecule has 0 aliphatic rings. The Morgan fingerprint density at radius 2 is 1.94 bits per heavy atom. The molecule has 0 N–H and O–H groups in total. The van der Waals surface area contributed by atoms with E-state index in [1.54, 1.807) is 6.20 Å². The molecule has 1 heterocycles. The van der Waals surface area contributed by atoms with E-state index in [2.05, 4.69) is 9.97 Å². The second-order valence-electron chi connectivity index (χ2n) is 3.84. The van der Waals surface area contributed by atoms with Gasteiger partial charge in [-0.3, -0.25) is 9.69 Å². The quantitative estimate of drug-likeness (QED) is 0.781. The van der Waals surface area contributed by atoms with Crippen LogP contribution in [-0.2, 0) is 4.79 Å². The molecule has 4 nitrogen and oxygen atoms in total. The minimum Gasteiger partial charge on any atom is -0.274 e. The van der Waals surface area contributed by atoms with Crippen LogP contribution in [0.2, 0.25) is 5.28 Å². The summed E-state index contributed by atoms with van der Waals surface area (Å²) in [6, 6.07) is 9.31. The number of halogens is 1. The number of carbonyl (C=O) groups excluding carboxylic acids is 1. The summed E-state index contributed by atoms with van der Waals surface area (Å²) < 4.78 is 0. The van der Waals surface area contributed by atoms with Crippen molar-refractivity contribution in [2.75, 3.05) is 4.90 Å². The molecule has 0 unspecified atom stereocenters. The largest absolute Gasteiger partial charge is 0.274 e. The summed E-state index contributed by atoms with van der Waals surface area (Å²) in [6.07, 6.45) is 1.60. The first-order valence-corrected chi connectivity index (χ1v) is 5.82. The molecule has 5 heteroatoms. The van der Waals surface area contributed by atoms with Gasteiger partial charge in [0.2, 0.25) is 11.2 Å². The molecule has 1 aromatic carbocycles. The van der Waals surface area contributed by atoms with Crippen LogP contribution in [0.1, 0.15) is 12.5 Å². The zero-order valence-electron chi connectivity index (χ0n) is 10.1. The van der Waals surface area contributed by atoms with E-state index in [1.807, 2.05) is 37.3 Å². The van der Waals surface area contributed by atoms with Gasteiger partial charge in [-0.1, -0.05) is 18.2 Å². The Morgan fingerprint density at radius 1 is 1.28 bits per heavy atom. The molecule has 1 aromatic heterocycles. The maximum absolute atomic E-state index is 11.8. The number of nitrogens with zero attached hydrogens (tertiary/aromatic N) is 3. The molecule has 0 radical (unpaired) electrons. The van der Waals surface area contributed by atoms with Crippen LogP contribution < -0.4 is 4.90 Å². The molecule has 18 heavy (non-hydrogen) atoms. The zero-order valence-corrected chi connectivity index (χ0v) is 10.8. The van der Waals surface area contributed by atoms with Crippen molar-refractivity contribution < 1.29 is 4.79 Å². The lowest BCUT2D eigenvalue weighted by atomic mass is 10.2. The maximum atomic E-state index is 11.8. The molecule has 0 fully saturated rings. The third kappa shape index (κ3) is 2.49. The highest BCUT2D eigenvalue weighted by Gasteiger charge is 2.18. The maximum Gasteiger partial charge on any atom is 0.229 e. The van der Waals surface area contributed by atoms with E-state index in [0.29, 0.717) is 5.82 Å². The fourth-order valence-electron chi connectivity index (χ4n) is 1.67. The number of aryl methyl sites for hydroxylation is 1. The molecule has 0 aliphatic heterocycles. The highest BCUT2D eigenvalue weighted by Crippen LogP contribution is 2.26. The molecule has 0 saturated heterocycles. The number of carbonyl (C=O) groups is 1. The Kier molecular flexibility index (Phi) is 3.58. The Labute approximate surface area is 110 Å². The van der Waals surface area contributed by atoms with E-state index >= 15 is 0 Å². The van der Waals surface area contributed by atoms with Gasteiger partial charge in [-0.05, 0) is 30.7 Å². The van der Waals surface area contributed by atoms with Crippen LogP contribution in [0, 0.1) is 6.92 Å². The minimum atomic E-state index is -0.126. The van der Waals surface area contributed by atoms with Crippen molar-refractivity contribution >= 4 is 29.0 Å². The van der Waals surface area contributed by atoms with E-state index in [9.17, 15) is 4.79 Å². The fraction of sp³-hybridized carbons (Fsp3) is 0.154. The number of hydrogen-bond acceptors (Lipinski definition) is 3. The summed E-state index contributed by atoms with van der Waals surface area (Å²) in [4.78, 5) is 21.4. The van der Waals surface area contributed by atoms with E-state index in [-0.39, 0.29) is 11.2 Å². The normalized spacial score (nSPS) is 10.2. The van der Waals surface area contributed by atoms with Crippen molar-refractivity contribution in [1.82, 2.24) is 9.97 Å². The summed E-state index contributed by atoms with van der Waals surface area (Å²) >= 11 is 5.79. The van der Waals surface area contributed by atoms with Crippen LogP contribution in [0.25, 0.3) is 0 Å². The first-order chi connectivity index (χ1) is 8.59. The van der Waals surface area contributed by atoms with Gasteiger partial charge in [0.25, 0.3) is 0 Å². The van der Waals surface area contributed by atoms with Crippen LogP contribution in [-0.4, -0.2) is 15.9 Å². The number of aromatic nitrogens is 2. The Morgan fingerprint density at radius 3 is 2.56 bits per heavy atom. The van der Waals surface area contributed by atoms with E-state index < -0.39 is 0 Å². The Balaban J connectivity index is 2.55. The van der Waals surface area contributed by atoms with Crippen LogP contribution in [0.3, 0.4) is 0 Å². The standard InChI is InChI=1S/C13H12ClN3O/c1-9-8-15-13(14)16-12(9)17(10(2)18)11-6-4-3-5-7-11/h3-8H,1-2H3. The van der Waals surface area contributed by atoms with E-state index in [4.69, 9.17) is 11.6 Å². The second-order valence-corrected chi connectivity index (χ2v) is 4.17. The summed E-state index contributed by atoms with van der Waals surface area (Å²) in [5.74, 6) is 0.382. The van der Waals surface area contributed by atoms with Gasteiger partial charge in [0.15, 0.2) is 0 Å². The highest BCUT2D eigenvalue weighted by atomic mass is 35.5. The Bertz CT molecular complexity index is 572. The first kappa shape index (κ1) is 12.5. The minimum absolute atomic E-state index is 0.123. The Hall–Kier alpha value is -1.94. The molecular formula is C13H12ClN3O. The predicted octanol–water partition coefficient (Wildman–Crippen LogP) is 3.12. The lowest BCUT2D eigenvalue weighted by Crippen LogP contribution is -2.24. The van der Waals surface area contributed by atoms with Gasteiger partial charge < -0.3 is 0 Å². The van der Waals surface area contributed by atoms with Crippen molar-refractivity contribution in [3.05, 3.63) is 47.4 Å². The van der Waals surface area contributed by atoms with Crippen molar-refractivity contribution in [2.24, 2.45) is 0 Å². The highest BCUT2D eigenvalue weighted by molar-refractivity contribution is 6.28. The number of rotatable bonds is 2. The van der Waals surface area contributed by atoms with Crippen molar-refractivity contribution in [3.63, 3.8) is 0 Å². The topological polar surface area (TPSA) is 46.1 Å². The summed E-state index contributed by atoms with van der Waals surface area (Å²) in [5, 5.41) is 0.123. The average molecular weight is 262 g/mol. The van der Waals surface area contributed by atoms with Gasteiger partial charge in [-0.25, -0.2) is 4.98 Å². The lowest BCUT2D eigenvalue weighted by molar-refractivity contribution is -0.115. The first-order valence-electron chi connectivity index (χ1n) is 5.44. The van der Waals surface area contributed by atoms with Crippen LogP contribution >= 0.6 is 11.6 Å². The van der Waals surface area contributed by atoms with Crippen molar-refractivity contribution in [2.45, 2.75) is 13.8 Å². The van der Waals surface area contributed by atoms with E-state index in [1.165, 1.54) is 11.8 Å².